The maximum Gasteiger partial charge on any atom is 0.257 e. The summed E-state index contributed by atoms with van der Waals surface area (Å²) in [5.41, 5.74) is 1.83. The highest BCUT2D eigenvalue weighted by Gasteiger charge is 2.33. The molecule has 22 heavy (non-hydrogen) atoms. The molecule has 0 bridgehead atoms. The van der Waals surface area contributed by atoms with E-state index >= 15 is 0 Å². The lowest BCUT2D eigenvalue weighted by molar-refractivity contribution is 0.0681. The monoisotopic (exact) mass is 298 g/mol. The molecule has 0 spiro atoms. The van der Waals surface area contributed by atoms with Gasteiger partial charge >= 0.3 is 0 Å². The van der Waals surface area contributed by atoms with Gasteiger partial charge in [-0.25, -0.2) is 0 Å². The van der Waals surface area contributed by atoms with Crippen molar-refractivity contribution >= 4 is 11.6 Å². The Morgan fingerprint density at radius 1 is 1.14 bits per heavy atom. The molecule has 1 atom stereocenters. The molecule has 2 aromatic carbocycles. The second-order valence-corrected chi connectivity index (χ2v) is 5.31. The second-order valence-electron chi connectivity index (χ2n) is 5.31. The number of phenols is 2. The number of fused-ring (bicyclic) bond motifs is 1. The Labute approximate surface area is 128 Å². The van der Waals surface area contributed by atoms with Gasteiger partial charge in [0.1, 0.15) is 6.17 Å². The quantitative estimate of drug-likeness (QED) is 0.761. The fraction of sp³-hybridized carbons (Fsp3) is 0.235. The number of benzene rings is 2. The van der Waals surface area contributed by atoms with Crippen molar-refractivity contribution in [2.45, 2.75) is 19.5 Å². The van der Waals surface area contributed by atoms with Gasteiger partial charge in [-0.15, -0.1) is 0 Å². The van der Waals surface area contributed by atoms with Crippen molar-refractivity contribution in [3.8, 4) is 11.5 Å². The third-order valence-electron chi connectivity index (χ3n) is 3.83. The molecule has 1 aliphatic heterocycles. The van der Waals surface area contributed by atoms with Gasteiger partial charge in [0.2, 0.25) is 0 Å². The van der Waals surface area contributed by atoms with Crippen molar-refractivity contribution < 1.29 is 15.0 Å². The lowest BCUT2D eigenvalue weighted by Crippen LogP contribution is -2.43. The van der Waals surface area contributed by atoms with Crippen LogP contribution in [0.5, 0.6) is 11.5 Å². The maximum absolute atomic E-state index is 12.7. The van der Waals surface area contributed by atoms with Crippen molar-refractivity contribution in [2.75, 3.05) is 11.9 Å². The van der Waals surface area contributed by atoms with E-state index in [1.54, 1.807) is 23.1 Å². The minimum Gasteiger partial charge on any atom is -0.504 e. The van der Waals surface area contributed by atoms with Crippen LogP contribution in [0.25, 0.3) is 0 Å². The van der Waals surface area contributed by atoms with Crippen molar-refractivity contribution in [3.63, 3.8) is 0 Å². The number of anilines is 1. The summed E-state index contributed by atoms with van der Waals surface area (Å²) < 4.78 is 0. The first-order chi connectivity index (χ1) is 10.6. The number of nitrogens with zero attached hydrogens (tertiary/aromatic N) is 1. The summed E-state index contributed by atoms with van der Waals surface area (Å²) in [4.78, 5) is 14.4. The highest BCUT2D eigenvalue weighted by Crippen LogP contribution is 2.39. The molecule has 0 saturated carbocycles. The van der Waals surface area contributed by atoms with E-state index in [9.17, 15) is 15.0 Å². The minimum absolute atomic E-state index is 0.0797. The zero-order chi connectivity index (χ0) is 15.7. The first-order valence-electron chi connectivity index (χ1n) is 7.31. The number of para-hydroxylation sites is 2. The Morgan fingerprint density at radius 3 is 2.68 bits per heavy atom. The summed E-state index contributed by atoms with van der Waals surface area (Å²) in [6, 6.07) is 12.1. The molecule has 1 heterocycles. The Bertz CT molecular complexity index is 715. The first-order valence-corrected chi connectivity index (χ1v) is 7.31. The molecule has 1 amide bonds. The van der Waals surface area contributed by atoms with Gasteiger partial charge in [0.05, 0.1) is 5.56 Å². The standard InChI is InChI=1S/C17H18N2O3/c1-2-10-19-16(12-7-5-9-14(20)15(12)21)18-13-8-4-3-6-11(13)17(19)22/h3-9,16,18,20-21H,2,10H2,1H3. The normalized spacial score (nSPS) is 17.0. The Balaban J connectivity index is 2.09. The molecule has 2 aromatic rings. The van der Waals surface area contributed by atoms with Crippen LogP contribution in [-0.2, 0) is 0 Å². The molecule has 1 unspecified atom stereocenters. The molecule has 0 fully saturated rings. The number of aromatic hydroxyl groups is 2. The van der Waals surface area contributed by atoms with Gasteiger partial charge in [-0.3, -0.25) is 4.79 Å². The van der Waals surface area contributed by atoms with Crippen LogP contribution in [0.2, 0.25) is 0 Å². The number of carbonyl (C=O) groups excluding carboxylic acids is 1. The van der Waals surface area contributed by atoms with E-state index in [0.29, 0.717) is 17.7 Å². The number of nitrogens with one attached hydrogen (secondary N) is 1. The lowest BCUT2D eigenvalue weighted by atomic mass is 10.0. The van der Waals surface area contributed by atoms with E-state index in [0.717, 1.165) is 12.1 Å². The van der Waals surface area contributed by atoms with Gasteiger partial charge in [0.25, 0.3) is 5.91 Å². The molecule has 0 aliphatic carbocycles. The van der Waals surface area contributed by atoms with Crippen LogP contribution in [0.1, 0.15) is 35.4 Å². The predicted molar refractivity (Wildman–Crippen MR) is 83.9 cm³/mol. The molecular weight excluding hydrogens is 280 g/mol. The summed E-state index contributed by atoms with van der Waals surface area (Å²) in [6.07, 6.45) is 0.292. The van der Waals surface area contributed by atoms with Crippen molar-refractivity contribution in [1.82, 2.24) is 4.90 Å². The number of rotatable bonds is 3. The Hall–Kier alpha value is -2.69. The molecule has 3 rings (SSSR count). The van der Waals surface area contributed by atoms with Gasteiger partial charge < -0.3 is 20.4 Å². The third kappa shape index (κ3) is 2.24. The van der Waals surface area contributed by atoms with Gasteiger partial charge in [-0.1, -0.05) is 31.2 Å². The van der Waals surface area contributed by atoms with Crippen molar-refractivity contribution in [3.05, 3.63) is 53.6 Å². The van der Waals surface area contributed by atoms with Gasteiger partial charge in [0.15, 0.2) is 11.5 Å². The minimum atomic E-state index is -0.505. The fourth-order valence-corrected chi connectivity index (χ4v) is 2.78. The SMILES string of the molecule is CCCN1C(=O)c2ccccc2NC1c1cccc(O)c1O. The van der Waals surface area contributed by atoms with Gasteiger partial charge in [-0.05, 0) is 24.6 Å². The number of hydrogen-bond acceptors (Lipinski definition) is 4. The maximum atomic E-state index is 12.7. The zero-order valence-corrected chi connectivity index (χ0v) is 12.3. The zero-order valence-electron chi connectivity index (χ0n) is 12.3. The van der Waals surface area contributed by atoms with E-state index in [4.69, 9.17) is 0 Å². The molecule has 114 valence electrons. The molecule has 5 heteroatoms. The smallest absolute Gasteiger partial charge is 0.257 e. The lowest BCUT2D eigenvalue weighted by Gasteiger charge is -2.38. The summed E-state index contributed by atoms with van der Waals surface area (Å²) >= 11 is 0. The van der Waals surface area contributed by atoms with E-state index < -0.39 is 6.17 Å². The topological polar surface area (TPSA) is 72.8 Å². The summed E-state index contributed by atoms with van der Waals surface area (Å²) in [6.45, 7) is 2.55. The molecule has 0 saturated heterocycles. The van der Waals surface area contributed by atoms with Crippen LogP contribution in [0, 0.1) is 0 Å². The predicted octanol–water partition coefficient (Wildman–Crippen LogP) is 3.07. The van der Waals surface area contributed by atoms with Gasteiger partial charge in [0, 0.05) is 17.8 Å². The molecule has 5 nitrogen and oxygen atoms in total. The number of amides is 1. The molecular formula is C17H18N2O3. The van der Waals surface area contributed by atoms with Crippen molar-refractivity contribution in [2.24, 2.45) is 0 Å². The van der Waals surface area contributed by atoms with Crippen LogP contribution in [0.15, 0.2) is 42.5 Å². The first kappa shape index (κ1) is 14.3. The Morgan fingerprint density at radius 2 is 1.91 bits per heavy atom. The average molecular weight is 298 g/mol. The summed E-state index contributed by atoms with van der Waals surface area (Å²) in [5, 5.41) is 23.1. The van der Waals surface area contributed by atoms with Crippen LogP contribution in [0.4, 0.5) is 5.69 Å². The van der Waals surface area contributed by atoms with Crippen LogP contribution in [0.3, 0.4) is 0 Å². The van der Waals surface area contributed by atoms with Crippen LogP contribution >= 0.6 is 0 Å². The largest absolute Gasteiger partial charge is 0.504 e. The highest BCUT2D eigenvalue weighted by atomic mass is 16.3. The highest BCUT2D eigenvalue weighted by molar-refractivity contribution is 6.01. The summed E-state index contributed by atoms with van der Waals surface area (Å²) in [7, 11) is 0. The van der Waals surface area contributed by atoms with Crippen molar-refractivity contribution in [1.29, 1.82) is 0 Å². The van der Waals surface area contributed by atoms with E-state index in [2.05, 4.69) is 5.32 Å². The van der Waals surface area contributed by atoms with Crippen LogP contribution in [-0.4, -0.2) is 27.6 Å². The molecule has 1 aliphatic rings. The number of carbonyl (C=O) groups is 1. The second kappa shape index (κ2) is 5.60. The fourth-order valence-electron chi connectivity index (χ4n) is 2.78. The number of phenolic OH excluding ortho intramolecular Hbond substituents is 2. The Kier molecular flexibility index (Phi) is 3.63. The summed E-state index contributed by atoms with van der Waals surface area (Å²) in [5.74, 6) is -0.473. The van der Waals surface area contributed by atoms with E-state index in [1.807, 2.05) is 25.1 Å². The molecule has 3 N–H and O–H groups in total. The molecule has 0 radical (unpaired) electrons. The number of hydrogen-bond donors (Lipinski definition) is 3. The van der Waals surface area contributed by atoms with E-state index in [-0.39, 0.29) is 17.4 Å². The van der Waals surface area contributed by atoms with Crippen LogP contribution < -0.4 is 5.32 Å². The van der Waals surface area contributed by atoms with E-state index in [1.165, 1.54) is 6.07 Å². The molecule has 0 aromatic heterocycles. The third-order valence-corrected chi connectivity index (χ3v) is 3.83. The average Bonchev–Trinajstić information content (AvgIpc) is 2.53. The van der Waals surface area contributed by atoms with Gasteiger partial charge in [-0.2, -0.15) is 0 Å².